The molecule has 0 radical (unpaired) electrons. The van der Waals surface area contributed by atoms with Crippen LogP contribution >= 0.6 is 0 Å². The van der Waals surface area contributed by atoms with E-state index in [1.54, 1.807) is 0 Å². The number of hydrogen-bond donors (Lipinski definition) is 4. The fraction of sp³-hybridized carbons (Fsp3) is 1.00. The van der Waals surface area contributed by atoms with E-state index in [1.165, 1.54) is 0 Å². The Bertz CT molecular complexity index is 242. The first kappa shape index (κ1) is 11.2. The smallest absolute Gasteiger partial charge is 0.165 e. The zero-order valence-corrected chi connectivity index (χ0v) is 7.13. The van der Waals surface area contributed by atoms with Crippen LogP contribution in [0.25, 0.3) is 10.4 Å². The summed E-state index contributed by atoms with van der Waals surface area (Å²) < 4.78 is 4.84. The van der Waals surface area contributed by atoms with Crippen molar-refractivity contribution in [1.82, 2.24) is 0 Å². The van der Waals surface area contributed by atoms with Crippen molar-refractivity contribution in [3.63, 3.8) is 0 Å². The minimum Gasteiger partial charge on any atom is -0.394 e. The van der Waals surface area contributed by atoms with Crippen LogP contribution in [0.15, 0.2) is 5.11 Å². The minimum absolute atomic E-state index is 0.539. The molecule has 0 aromatic rings. The maximum absolute atomic E-state index is 9.27. The van der Waals surface area contributed by atoms with Gasteiger partial charge in [0.2, 0.25) is 0 Å². The average Bonchev–Trinajstić information content (AvgIpc) is 2.19. The number of nitrogens with zero attached hydrogens (tertiary/aromatic N) is 3. The van der Waals surface area contributed by atoms with Crippen molar-refractivity contribution in [2.75, 3.05) is 6.61 Å². The van der Waals surface area contributed by atoms with Crippen LogP contribution in [0, 0.1) is 0 Å². The van der Waals surface area contributed by atoms with Crippen molar-refractivity contribution in [3.8, 4) is 0 Å². The highest BCUT2D eigenvalue weighted by molar-refractivity contribution is 4.90. The van der Waals surface area contributed by atoms with Gasteiger partial charge in [0.15, 0.2) is 6.23 Å². The van der Waals surface area contributed by atoms with Gasteiger partial charge in [-0.3, -0.25) is 0 Å². The Balaban J connectivity index is 2.77. The van der Waals surface area contributed by atoms with Gasteiger partial charge in [0.25, 0.3) is 0 Å². The molecule has 1 fully saturated rings. The van der Waals surface area contributed by atoms with Crippen molar-refractivity contribution < 1.29 is 25.2 Å². The molecule has 80 valence electrons. The standard InChI is InChI=1S/C6H11N3O5/c7-9-8-6-5(13)4(12)3(11)2(1-10)14-6/h2-6,10-13H,1H2/t2-,3+,4-,5-,6+/m0/s1. The van der Waals surface area contributed by atoms with Crippen LogP contribution in [-0.2, 0) is 4.74 Å². The molecule has 0 bridgehead atoms. The molecule has 8 nitrogen and oxygen atoms in total. The summed E-state index contributed by atoms with van der Waals surface area (Å²) in [4.78, 5) is 2.40. The monoisotopic (exact) mass is 205 g/mol. The normalized spacial score (nSPS) is 43.0. The Kier molecular flexibility index (Phi) is 3.64. The van der Waals surface area contributed by atoms with Gasteiger partial charge in [0.1, 0.15) is 24.4 Å². The molecule has 4 N–H and O–H groups in total. The molecule has 0 spiro atoms. The fourth-order valence-electron chi connectivity index (χ4n) is 1.23. The van der Waals surface area contributed by atoms with Crippen molar-refractivity contribution in [2.45, 2.75) is 30.6 Å². The molecule has 0 aromatic heterocycles. The van der Waals surface area contributed by atoms with Crippen LogP contribution in [0.2, 0.25) is 0 Å². The van der Waals surface area contributed by atoms with Gasteiger partial charge in [0.05, 0.1) is 6.61 Å². The van der Waals surface area contributed by atoms with E-state index in [4.69, 9.17) is 15.4 Å². The van der Waals surface area contributed by atoms with Gasteiger partial charge in [0, 0.05) is 4.91 Å². The summed E-state index contributed by atoms with van der Waals surface area (Å²) >= 11 is 0. The molecule has 0 aliphatic carbocycles. The zero-order chi connectivity index (χ0) is 10.7. The van der Waals surface area contributed by atoms with E-state index in [1.807, 2.05) is 0 Å². The summed E-state index contributed by atoms with van der Waals surface area (Å²) in [7, 11) is 0. The first-order valence-electron chi connectivity index (χ1n) is 3.96. The van der Waals surface area contributed by atoms with Gasteiger partial charge in [-0.2, -0.15) is 0 Å². The first-order valence-corrected chi connectivity index (χ1v) is 3.96. The number of hydrogen-bond acceptors (Lipinski definition) is 6. The van der Waals surface area contributed by atoms with Crippen molar-refractivity contribution in [2.24, 2.45) is 5.11 Å². The molecule has 0 saturated carbocycles. The van der Waals surface area contributed by atoms with Crippen LogP contribution in [0.4, 0.5) is 0 Å². The van der Waals surface area contributed by atoms with E-state index < -0.39 is 37.3 Å². The number of azide groups is 1. The van der Waals surface area contributed by atoms with E-state index >= 15 is 0 Å². The summed E-state index contributed by atoms with van der Waals surface area (Å²) in [6.07, 6.45) is -6.76. The summed E-state index contributed by atoms with van der Waals surface area (Å²) in [5.74, 6) is 0. The number of aliphatic hydroxyl groups excluding tert-OH is 4. The Labute approximate surface area is 79.0 Å². The van der Waals surface area contributed by atoms with Crippen LogP contribution < -0.4 is 0 Å². The average molecular weight is 205 g/mol. The predicted octanol–water partition coefficient (Wildman–Crippen LogP) is -1.90. The molecule has 1 aliphatic rings. The van der Waals surface area contributed by atoms with Gasteiger partial charge in [-0.1, -0.05) is 5.11 Å². The molecule has 1 aliphatic heterocycles. The topological polar surface area (TPSA) is 139 Å². The highest BCUT2D eigenvalue weighted by Gasteiger charge is 2.42. The third-order valence-corrected chi connectivity index (χ3v) is 2.03. The Hall–Kier alpha value is -0.890. The highest BCUT2D eigenvalue weighted by atomic mass is 16.6. The van der Waals surface area contributed by atoms with Crippen LogP contribution in [0.3, 0.4) is 0 Å². The Morgan fingerprint density at radius 2 is 1.86 bits per heavy atom. The van der Waals surface area contributed by atoms with E-state index in [9.17, 15) is 15.3 Å². The highest BCUT2D eigenvalue weighted by Crippen LogP contribution is 2.21. The molecule has 8 heteroatoms. The van der Waals surface area contributed by atoms with Crippen molar-refractivity contribution >= 4 is 0 Å². The number of aliphatic hydroxyl groups is 4. The maximum Gasteiger partial charge on any atom is 0.165 e. The summed E-state index contributed by atoms with van der Waals surface area (Å²) in [5.41, 5.74) is 8.11. The van der Waals surface area contributed by atoms with Gasteiger partial charge in [-0.15, -0.1) is 0 Å². The molecule has 1 heterocycles. The molecule has 1 saturated heterocycles. The maximum atomic E-state index is 9.27. The summed E-state index contributed by atoms with van der Waals surface area (Å²) in [6.45, 7) is -0.539. The molecule has 1 rings (SSSR count). The second kappa shape index (κ2) is 4.56. The van der Waals surface area contributed by atoms with E-state index in [-0.39, 0.29) is 0 Å². The van der Waals surface area contributed by atoms with Gasteiger partial charge >= 0.3 is 0 Å². The second-order valence-electron chi connectivity index (χ2n) is 2.92. The van der Waals surface area contributed by atoms with Crippen molar-refractivity contribution in [3.05, 3.63) is 10.4 Å². The summed E-state index contributed by atoms with van der Waals surface area (Å²) in [6, 6.07) is 0. The minimum atomic E-state index is -1.50. The Morgan fingerprint density at radius 3 is 2.36 bits per heavy atom. The molecule has 5 atom stereocenters. The van der Waals surface area contributed by atoms with Gasteiger partial charge in [-0.25, -0.2) is 0 Å². The molecular weight excluding hydrogens is 194 g/mol. The lowest BCUT2D eigenvalue weighted by atomic mass is 9.99. The van der Waals surface area contributed by atoms with Crippen LogP contribution in [0.5, 0.6) is 0 Å². The molecule has 0 aromatic carbocycles. The number of rotatable bonds is 2. The van der Waals surface area contributed by atoms with Gasteiger partial charge in [-0.05, 0) is 5.53 Å². The molecule has 0 unspecified atom stereocenters. The third-order valence-electron chi connectivity index (χ3n) is 2.03. The van der Waals surface area contributed by atoms with Gasteiger partial charge < -0.3 is 25.2 Å². The predicted molar refractivity (Wildman–Crippen MR) is 42.9 cm³/mol. The zero-order valence-electron chi connectivity index (χ0n) is 7.13. The molecular formula is C6H11N3O5. The van der Waals surface area contributed by atoms with Crippen molar-refractivity contribution in [1.29, 1.82) is 0 Å². The quantitative estimate of drug-likeness (QED) is 0.237. The van der Waals surface area contributed by atoms with E-state index in [0.29, 0.717) is 0 Å². The molecule has 0 amide bonds. The SMILES string of the molecule is [N-]=[N+]=N[C@@H]1O[C@@H](CO)[C@@H](O)[C@H](O)[C@@H]1O. The first-order chi connectivity index (χ1) is 6.61. The van der Waals surface area contributed by atoms with E-state index in [0.717, 1.165) is 0 Å². The lowest BCUT2D eigenvalue weighted by Crippen LogP contribution is -2.57. The number of ether oxygens (including phenoxy) is 1. The Morgan fingerprint density at radius 1 is 1.21 bits per heavy atom. The largest absolute Gasteiger partial charge is 0.394 e. The second-order valence-corrected chi connectivity index (χ2v) is 2.92. The van der Waals surface area contributed by atoms with E-state index in [2.05, 4.69) is 10.0 Å². The fourth-order valence-corrected chi connectivity index (χ4v) is 1.23. The molecule has 14 heavy (non-hydrogen) atoms. The van der Waals surface area contributed by atoms with Crippen LogP contribution in [0.1, 0.15) is 0 Å². The lowest BCUT2D eigenvalue weighted by Gasteiger charge is -2.37. The summed E-state index contributed by atoms with van der Waals surface area (Å²) in [5, 5.41) is 39.6. The lowest BCUT2D eigenvalue weighted by molar-refractivity contribution is -0.227. The van der Waals surface area contributed by atoms with Crippen LogP contribution in [-0.4, -0.2) is 57.7 Å². The third kappa shape index (κ3) is 1.95.